The lowest BCUT2D eigenvalue weighted by atomic mass is 10.0. The summed E-state index contributed by atoms with van der Waals surface area (Å²) >= 11 is 0. The van der Waals surface area contributed by atoms with Gasteiger partial charge >= 0.3 is 6.18 Å². The van der Waals surface area contributed by atoms with Gasteiger partial charge in [0.1, 0.15) is 5.92 Å². The van der Waals surface area contributed by atoms with Crippen LogP contribution in [0.15, 0.2) is 42.5 Å². The highest BCUT2D eigenvalue weighted by Gasteiger charge is 2.43. The second-order valence-corrected chi connectivity index (χ2v) is 4.45. The minimum atomic E-state index is -4.47. The molecule has 0 radical (unpaired) electrons. The average molecular weight is 304 g/mol. The molecule has 0 unspecified atom stereocenters. The van der Waals surface area contributed by atoms with Crippen LogP contribution in [-0.2, 0) is 16.1 Å². The van der Waals surface area contributed by atoms with Crippen LogP contribution in [0.4, 0.5) is 13.2 Å². The van der Waals surface area contributed by atoms with Crippen molar-refractivity contribution in [2.24, 2.45) is 5.92 Å². The van der Waals surface area contributed by atoms with Gasteiger partial charge in [0.25, 0.3) is 0 Å². The van der Waals surface area contributed by atoms with Crippen LogP contribution in [0, 0.1) is 5.92 Å². The third kappa shape index (κ3) is 6.29. The molecule has 1 rings (SSSR count). The quantitative estimate of drug-likeness (QED) is 0.593. The van der Waals surface area contributed by atoms with E-state index in [1.807, 2.05) is 30.3 Å². The van der Waals surface area contributed by atoms with Gasteiger partial charge in [0.05, 0.1) is 25.9 Å². The number of alkyl halides is 3. The molecule has 0 spiro atoms. The number of hydrogen-bond acceptors (Lipinski definition) is 3. The predicted molar refractivity (Wildman–Crippen MR) is 72.7 cm³/mol. The van der Waals surface area contributed by atoms with E-state index in [0.29, 0.717) is 6.61 Å². The van der Waals surface area contributed by atoms with Gasteiger partial charge in [-0.3, -0.25) is 0 Å². The van der Waals surface area contributed by atoms with Gasteiger partial charge in [0.2, 0.25) is 0 Å². The fourth-order valence-corrected chi connectivity index (χ4v) is 1.80. The van der Waals surface area contributed by atoms with Crippen LogP contribution >= 0.6 is 0 Å². The molecule has 0 saturated heterocycles. The Kier molecular flexibility index (Phi) is 7.42. The summed E-state index contributed by atoms with van der Waals surface area (Å²) in [5.41, 5.74) is 0.948. The molecule has 21 heavy (non-hydrogen) atoms. The smallest absolute Gasteiger partial charge is 0.394 e. The van der Waals surface area contributed by atoms with E-state index in [2.05, 4.69) is 4.74 Å². The fourth-order valence-electron chi connectivity index (χ4n) is 1.80. The first kappa shape index (κ1) is 17.7. The summed E-state index contributed by atoms with van der Waals surface area (Å²) in [6.07, 6.45) is -3.52. The lowest BCUT2D eigenvalue weighted by molar-refractivity contribution is -0.193. The topological polar surface area (TPSA) is 38.7 Å². The summed E-state index contributed by atoms with van der Waals surface area (Å²) in [5.74, 6) is -1.85. The van der Waals surface area contributed by atoms with Gasteiger partial charge in [0.15, 0.2) is 0 Å². The zero-order chi connectivity index (χ0) is 15.7. The van der Waals surface area contributed by atoms with Gasteiger partial charge in [-0.2, -0.15) is 13.2 Å². The van der Waals surface area contributed by atoms with Crippen LogP contribution in [0.25, 0.3) is 0 Å². The predicted octanol–water partition coefficient (Wildman–Crippen LogP) is 2.95. The first-order chi connectivity index (χ1) is 9.99. The number of rotatable bonds is 8. The highest BCUT2D eigenvalue weighted by molar-refractivity contribution is 5.13. The van der Waals surface area contributed by atoms with Crippen molar-refractivity contribution in [3.05, 3.63) is 48.0 Å². The highest BCUT2D eigenvalue weighted by atomic mass is 19.4. The summed E-state index contributed by atoms with van der Waals surface area (Å²) < 4.78 is 48.4. The zero-order valence-corrected chi connectivity index (χ0v) is 11.7. The van der Waals surface area contributed by atoms with Crippen LogP contribution in [0.5, 0.6) is 0 Å². The van der Waals surface area contributed by atoms with Crippen molar-refractivity contribution in [2.45, 2.75) is 18.9 Å². The molecule has 1 aromatic carbocycles. The number of methoxy groups -OCH3 is 1. The maximum absolute atomic E-state index is 12.8. The molecule has 0 bridgehead atoms. The number of hydrogen-bond donors (Lipinski definition) is 1. The van der Waals surface area contributed by atoms with Gasteiger partial charge < -0.3 is 14.6 Å². The molecule has 2 atom stereocenters. The third-order valence-electron chi connectivity index (χ3n) is 2.93. The summed E-state index contributed by atoms with van der Waals surface area (Å²) in [6, 6.07) is 9.33. The first-order valence-corrected chi connectivity index (χ1v) is 6.47. The lowest BCUT2D eigenvalue weighted by Gasteiger charge is -2.23. The molecule has 0 aliphatic rings. The van der Waals surface area contributed by atoms with Crippen molar-refractivity contribution in [1.82, 2.24) is 0 Å². The maximum atomic E-state index is 12.8. The van der Waals surface area contributed by atoms with Crippen LogP contribution in [0.3, 0.4) is 0 Å². The second-order valence-electron chi connectivity index (χ2n) is 4.45. The number of halogens is 3. The summed E-state index contributed by atoms with van der Waals surface area (Å²) in [4.78, 5) is 0. The Bertz CT molecular complexity index is 414. The minimum absolute atomic E-state index is 0.0589. The molecule has 6 heteroatoms. The second kappa shape index (κ2) is 8.81. The number of benzene rings is 1. The Labute approximate surface area is 122 Å². The normalized spacial score (nSPS) is 15.3. The first-order valence-electron chi connectivity index (χ1n) is 6.47. The van der Waals surface area contributed by atoms with Crippen molar-refractivity contribution < 1.29 is 27.8 Å². The van der Waals surface area contributed by atoms with E-state index in [9.17, 15) is 13.2 Å². The van der Waals surface area contributed by atoms with Crippen LogP contribution in [0.1, 0.15) is 5.56 Å². The molecule has 0 aliphatic carbocycles. The van der Waals surface area contributed by atoms with Crippen molar-refractivity contribution in [2.75, 3.05) is 20.3 Å². The average Bonchev–Trinajstić information content (AvgIpc) is 2.46. The zero-order valence-electron chi connectivity index (χ0n) is 11.7. The Morgan fingerprint density at radius 1 is 1.24 bits per heavy atom. The molecule has 1 N–H and O–H groups in total. The molecule has 0 aromatic heterocycles. The molecule has 118 valence electrons. The molecule has 1 aromatic rings. The van der Waals surface area contributed by atoms with E-state index in [4.69, 9.17) is 9.84 Å². The van der Waals surface area contributed by atoms with Crippen LogP contribution < -0.4 is 0 Å². The summed E-state index contributed by atoms with van der Waals surface area (Å²) in [5, 5.41) is 8.92. The molecule has 3 nitrogen and oxygen atoms in total. The van der Waals surface area contributed by atoms with E-state index < -0.39 is 24.8 Å². The van der Waals surface area contributed by atoms with Gasteiger partial charge in [-0.15, -0.1) is 0 Å². The Hall–Kier alpha value is -1.37. The number of aliphatic hydroxyl groups is 1. The SMILES string of the molecule is CO[C@H](CO)[C@@H](/C=C/COCc1ccccc1)C(F)(F)F. The van der Waals surface area contributed by atoms with Crippen molar-refractivity contribution in [1.29, 1.82) is 0 Å². The van der Waals surface area contributed by atoms with Gasteiger partial charge in [-0.1, -0.05) is 42.5 Å². The van der Waals surface area contributed by atoms with Crippen LogP contribution in [0.2, 0.25) is 0 Å². The monoisotopic (exact) mass is 304 g/mol. The fraction of sp³-hybridized carbons (Fsp3) is 0.467. The van der Waals surface area contributed by atoms with Crippen molar-refractivity contribution in [3.63, 3.8) is 0 Å². The van der Waals surface area contributed by atoms with Crippen LogP contribution in [-0.4, -0.2) is 37.7 Å². The van der Waals surface area contributed by atoms with E-state index in [1.54, 1.807) is 0 Å². The molecule has 0 heterocycles. The number of ether oxygens (including phenoxy) is 2. The summed E-state index contributed by atoms with van der Waals surface area (Å²) in [7, 11) is 1.14. The molecule has 0 saturated carbocycles. The standard InChI is InChI=1S/C15H19F3O3/c1-20-14(10-19)13(15(16,17)18)8-5-9-21-11-12-6-3-2-4-7-12/h2-8,13-14,19H,9-11H2,1H3/b8-5+/t13-,14-/m1/s1. The van der Waals surface area contributed by atoms with Crippen molar-refractivity contribution >= 4 is 0 Å². The molecule has 0 amide bonds. The Morgan fingerprint density at radius 3 is 2.43 bits per heavy atom. The van der Waals surface area contributed by atoms with E-state index in [1.165, 1.54) is 6.08 Å². The van der Waals surface area contributed by atoms with E-state index in [0.717, 1.165) is 18.7 Å². The lowest BCUT2D eigenvalue weighted by Crippen LogP contribution is -2.36. The van der Waals surface area contributed by atoms with E-state index >= 15 is 0 Å². The number of aliphatic hydroxyl groups excluding tert-OH is 1. The largest absolute Gasteiger partial charge is 0.397 e. The minimum Gasteiger partial charge on any atom is -0.394 e. The highest BCUT2D eigenvalue weighted by Crippen LogP contribution is 2.31. The molecular weight excluding hydrogens is 285 g/mol. The third-order valence-corrected chi connectivity index (χ3v) is 2.93. The Morgan fingerprint density at radius 2 is 1.90 bits per heavy atom. The maximum Gasteiger partial charge on any atom is 0.397 e. The van der Waals surface area contributed by atoms with Gasteiger partial charge in [-0.05, 0) is 5.56 Å². The van der Waals surface area contributed by atoms with E-state index in [-0.39, 0.29) is 6.61 Å². The Balaban J connectivity index is 2.47. The summed E-state index contributed by atoms with van der Waals surface area (Å²) in [6.45, 7) is -0.311. The molecular formula is C15H19F3O3. The van der Waals surface area contributed by atoms with Crippen molar-refractivity contribution in [3.8, 4) is 0 Å². The van der Waals surface area contributed by atoms with Gasteiger partial charge in [0, 0.05) is 7.11 Å². The van der Waals surface area contributed by atoms with Gasteiger partial charge in [-0.25, -0.2) is 0 Å². The molecule has 0 aliphatic heterocycles. The molecule has 0 fully saturated rings.